The van der Waals surface area contributed by atoms with E-state index in [0.717, 1.165) is 12.0 Å². The largest absolute Gasteiger partial charge is 0.115 e. The van der Waals surface area contributed by atoms with Gasteiger partial charge in [0.05, 0.1) is 0 Å². The van der Waals surface area contributed by atoms with Gasteiger partial charge >= 0.3 is 0 Å². The van der Waals surface area contributed by atoms with E-state index < -0.39 is 0 Å². The molecule has 0 unspecified atom stereocenters. The molecule has 0 heterocycles. The summed E-state index contributed by atoms with van der Waals surface area (Å²) in [6.45, 7) is 8.19. The highest BCUT2D eigenvalue weighted by Crippen LogP contribution is 2.02. The van der Waals surface area contributed by atoms with Crippen LogP contribution >= 0.6 is 0 Å². The van der Waals surface area contributed by atoms with Crippen molar-refractivity contribution in [2.45, 2.75) is 34.1 Å². The summed E-state index contributed by atoms with van der Waals surface area (Å²) in [5.74, 6) is 2.58. The number of aryl methyl sites for hydroxylation is 2. The van der Waals surface area contributed by atoms with Crippen molar-refractivity contribution in [3.63, 3.8) is 0 Å². The van der Waals surface area contributed by atoms with Crippen LogP contribution in [0.5, 0.6) is 0 Å². The first-order valence-corrected chi connectivity index (χ1v) is 6.75. The number of rotatable bonds is 0. The molecular formula is C19H24. The summed E-state index contributed by atoms with van der Waals surface area (Å²) in [5, 5.41) is 0. The highest BCUT2D eigenvalue weighted by atomic mass is 13.9. The van der Waals surface area contributed by atoms with Crippen molar-refractivity contribution in [1.82, 2.24) is 0 Å². The number of terminal acetylenes is 1. The van der Waals surface area contributed by atoms with Crippen molar-refractivity contribution < 1.29 is 0 Å². The molecule has 100 valence electrons. The highest BCUT2D eigenvalue weighted by Gasteiger charge is 1.84. The third-order valence-electron chi connectivity index (χ3n) is 2.38. The fourth-order valence-electron chi connectivity index (χ4n) is 1.32. The molecule has 0 saturated carbocycles. The predicted octanol–water partition coefficient (Wildman–Crippen LogP) is 5.39. The van der Waals surface area contributed by atoms with Crippen LogP contribution in [0.3, 0.4) is 0 Å². The lowest BCUT2D eigenvalue weighted by Crippen LogP contribution is -1.70. The minimum atomic E-state index is 0.951. The number of hydrogen-bond acceptors (Lipinski definition) is 0. The molecule has 1 aromatic rings. The monoisotopic (exact) mass is 252 g/mol. The standard InChI is InChI=1S/C9H8.C8H10.C2H6/c1-2-9-7-5-3-4-6-8-9;1-7-3-5-8(2)6-4-7;1-2/h1,3-5,7-8H,6H2;3-6H,1-2H3;1-2H3. The maximum atomic E-state index is 5.18. The van der Waals surface area contributed by atoms with Crippen molar-refractivity contribution in [3.8, 4) is 12.3 Å². The Balaban J connectivity index is 0.000000303. The van der Waals surface area contributed by atoms with Crippen LogP contribution in [0.1, 0.15) is 31.4 Å². The maximum absolute atomic E-state index is 5.18. The number of benzene rings is 1. The van der Waals surface area contributed by atoms with Gasteiger partial charge in [0.15, 0.2) is 0 Å². The second-order valence-electron chi connectivity index (χ2n) is 3.98. The van der Waals surface area contributed by atoms with E-state index in [9.17, 15) is 0 Å². The fraction of sp³-hybridized carbons (Fsp3) is 0.263. The number of hydrogen-bond donors (Lipinski definition) is 0. The van der Waals surface area contributed by atoms with Crippen LogP contribution in [0.4, 0.5) is 0 Å². The fourth-order valence-corrected chi connectivity index (χ4v) is 1.32. The third-order valence-corrected chi connectivity index (χ3v) is 2.38. The average Bonchev–Trinajstić information content (AvgIpc) is 2.73. The summed E-state index contributed by atoms with van der Waals surface area (Å²) in [7, 11) is 0. The first kappa shape index (κ1) is 17.0. The minimum Gasteiger partial charge on any atom is -0.115 e. The van der Waals surface area contributed by atoms with Gasteiger partial charge < -0.3 is 0 Å². The zero-order valence-corrected chi connectivity index (χ0v) is 12.5. The van der Waals surface area contributed by atoms with Gasteiger partial charge in [0.2, 0.25) is 0 Å². The molecule has 0 atom stereocenters. The topological polar surface area (TPSA) is 0 Å². The molecule has 0 heteroatoms. The first-order valence-electron chi connectivity index (χ1n) is 6.75. The molecule has 0 bridgehead atoms. The Hall–Kier alpha value is -2.00. The van der Waals surface area contributed by atoms with E-state index >= 15 is 0 Å². The molecule has 1 aliphatic carbocycles. The Bertz CT molecular complexity index is 441. The van der Waals surface area contributed by atoms with Gasteiger partial charge in [0, 0.05) is 5.57 Å². The minimum absolute atomic E-state index is 0.951. The first-order chi connectivity index (χ1) is 9.22. The van der Waals surface area contributed by atoms with E-state index in [4.69, 9.17) is 6.42 Å². The molecule has 0 nitrogen and oxygen atoms in total. The quantitative estimate of drug-likeness (QED) is 0.543. The third kappa shape index (κ3) is 8.69. The Morgan fingerprint density at radius 3 is 1.95 bits per heavy atom. The molecular weight excluding hydrogens is 228 g/mol. The van der Waals surface area contributed by atoms with Crippen molar-refractivity contribution in [2.24, 2.45) is 0 Å². The second-order valence-corrected chi connectivity index (χ2v) is 3.98. The van der Waals surface area contributed by atoms with E-state index in [2.05, 4.69) is 50.1 Å². The molecule has 0 amide bonds. The van der Waals surface area contributed by atoms with Crippen molar-refractivity contribution in [1.29, 1.82) is 0 Å². The molecule has 0 aliphatic heterocycles. The molecule has 0 spiro atoms. The van der Waals surface area contributed by atoms with E-state index in [1.807, 2.05) is 38.2 Å². The van der Waals surface area contributed by atoms with Crippen molar-refractivity contribution in [2.75, 3.05) is 0 Å². The zero-order valence-electron chi connectivity index (χ0n) is 12.5. The van der Waals surface area contributed by atoms with Gasteiger partial charge in [-0.05, 0) is 26.3 Å². The predicted molar refractivity (Wildman–Crippen MR) is 87.1 cm³/mol. The Kier molecular flexibility index (Phi) is 9.94. The molecule has 0 N–H and O–H groups in total. The van der Waals surface area contributed by atoms with Gasteiger partial charge in [0.25, 0.3) is 0 Å². The van der Waals surface area contributed by atoms with Crippen LogP contribution in [-0.2, 0) is 0 Å². The van der Waals surface area contributed by atoms with E-state index in [-0.39, 0.29) is 0 Å². The smallest absolute Gasteiger partial charge is 0.0205 e. The number of allylic oxidation sites excluding steroid dienone is 6. The van der Waals surface area contributed by atoms with E-state index in [1.165, 1.54) is 11.1 Å². The van der Waals surface area contributed by atoms with Gasteiger partial charge in [-0.25, -0.2) is 0 Å². The zero-order chi connectivity index (χ0) is 14.5. The van der Waals surface area contributed by atoms with Crippen LogP contribution < -0.4 is 0 Å². The van der Waals surface area contributed by atoms with Gasteiger partial charge in [-0.3, -0.25) is 0 Å². The van der Waals surface area contributed by atoms with Crippen LogP contribution in [0, 0.1) is 26.2 Å². The van der Waals surface area contributed by atoms with Crippen molar-refractivity contribution >= 4 is 0 Å². The molecule has 0 aromatic heterocycles. The molecule has 1 aromatic carbocycles. The lowest BCUT2D eigenvalue weighted by molar-refractivity contribution is 1.39. The highest BCUT2D eigenvalue weighted by molar-refractivity contribution is 5.39. The molecule has 0 saturated heterocycles. The van der Waals surface area contributed by atoms with Gasteiger partial charge in [0.1, 0.15) is 0 Å². The second kappa shape index (κ2) is 11.1. The lowest BCUT2D eigenvalue weighted by atomic mass is 10.2. The summed E-state index contributed by atoms with van der Waals surface area (Å²) in [6, 6.07) is 8.48. The summed E-state index contributed by atoms with van der Waals surface area (Å²) in [5.41, 5.74) is 3.63. The van der Waals surface area contributed by atoms with Crippen molar-refractivity contribution in [3.05, 3.63) is 71.3 Å². The van der Waals surface area contributed by atoms with Crippen LogP contribution in [0.15, 0.2) is 60.2 Å². The molecule has 0 fully saturated rings. The Morgan fingerprint density at radius 2 is 1.47 bits per heavy atom. The summed E-state index contributed by atoms with van der Waals surface area (Å²) in [4.78, 5) is 0. The van der Waals surface area contributed by atoms with E-state index in [1.54, 1.807) is 0 Å². The Morgan fingerprint density at radius 1 is 0.947 bits per heavy atom. The maximum Gasteiger partial charge on any atom is 0.0205 e. The summed E-state index contributed by atoms with van der Waals surface area (Å²) < 4.78 is 0. The summed E-state index contributed by atoms with van der Waals surface area (Å²) in [6.07, 6.45) is 16.1. The van der Waals surface area contributed by atoms with Crippen LogP contribution in [0.2, 0.25) is 0 Å². The molecule has 1 aliphatic rings. The molecule has 0 radical (unpaired) electrons. The van der Waals surface area contributed by atoms with Crippen LogP contribution in [0.25, 0.3) is 0 Å². The summed E-state index contributed by atoms with van der Waals surface area (Å²) >= 11 is 0. The van der Waals surface area contributed by atoms with Crippen LogP contribution in [-0.4, -0.2) is 0 Å². The van der Waals surface area contributed by atoms with Gasteiger partial charge in [-0.1, -0.05) is 79.5 Å². The normalized spacial score (nSPS) is 11.8. The van der Waals surface area contributed by atoms with Gasteiger partial charge in [-0.2, -0.15) is 0 Å². The lowest BCUT2D eigenvalue weighted by Gasteiger charge is -1.90. The van der Waals surface area contributed by atoms with Gasteiger partial charge in [-0.15, -0.1) is 6.42 Å². The molecule has 19 heavy (non-hydrogen) atoms. The SMILES string of the molecule is C#CC1=CCC=CC=C1.CC.Cc1ccc(C)cc1. The van der Waals surface area contributed by atoms with E-state index in [0.29, 0.717) is 0 Å². The molecule has 2 rings (SSSR count). The Labute approximate surface area is 118 Å². The average molecular weight is 252 g/mol.